The minimum absolute atomic E-state index is 0.0654. The minimum Gasteiger partial charge on any atom is -0.393 e. The number of carbonyl (C=O) groups excluding carboxylic acids is 1. The summed E-state index contributed by atoms with van der Waals surface area (Å²) in [6.07, 6.45) is 8.98. The van der Waals surface area contributed by atoms with E-state index in [2.05, 4.69) is 37.0 Å². The predicted molar refractivity (Wildman–Crippen MR) is 132 cm³/mol. The van der Waals surface area contributed by atoms with Gasteiger partial charge in [-0.1, -0.05) is 6.07 Å². The Hall–Kier alpha value is -3.69. The maximum Gasteiger partial charge on any atom is 0.254 e. The van der Waals surface area contributed by atoms with Gasteiger partial charge in [-0.3, -0.25) is 9.79 Å². The number of aromatic nitrogens is 1. The lowest BCUT2D eigenvalue weighted by Gasteiger charge is -2.31. The van der Waals surface area contributed by atoms with E-state index in [4.69, 9.17) is 0 Å². The van der Waals surface area contributed by atoms with E-state index < -0.39 is 0 Å². The summed E-state index contributed by atoms with van der Waals surface area (Å²) in [7, 11) is 1.96. The summed E-state index contributed by atoms with van der Waals surface area (Å²) < 4.78 is 0. The quantitative estimate of drug-likeness (QED) is 0.558. The SMILES string of the molecule is CN1NC=CC2=C(c3ccc(Nc4ccc(N5CCC(O)CC5)cn4)c4c3CNC4=O)C=NC21. The van der Waals surface area contributed by atoms with Gasteiger partial charge in [0.05, 0.1) is 29.2 Å². The van der Waals surface area contributed by atoms with E-state index >= 15 is 0 Å². The first-order valence-electron chi connectivity index (χ1n) is 11.6. The lowest BCUT2D eigenvalue weighted by molar-refractivity contribution is 0.0966. The fraction of sp³-hybridized carbons (Fsp3) is 0.320. The molecule has 9 heteroatoms. The zero-order valence-electron chi connectivity index (χ0n) is 19.0. The van der Waals surface area contributed by atoms with Crippen LogP contribution in [0.25, 0.3) is 5.57 Å². The number of piperidine rings is 1. The van der Waals surface area contributed by atoms with Crippen LogP contribution in [0.1, 0.15) is 34.3 Å². The van der Waals surface area contributed by atoms with E-state index in [1.165, 1.54) is 0 Å². The van der Waals surface area contributed by atoms with Crippen LogP contribution < -0.4 is 21.0 Å². The Morgan fingerprint density at radius 2 is 2.03 bits per heavy atom. The van der Waals surface area contributed by atoms with Gasteiger partial charge in [0, 0.05) is 50.2 Å². The third-order valence-electron chi connectivity index (χ3n) is 6.94. The highest BCUT2D eigenvalue weighted by molar-refractivity contribution is 6.16. The van der Waals surface area contributed by atoms with E-state index in [0.717, 1.165) is 59.6 Å². The van der Waals surface area contributed by atoms with Crippen molar-refractivity contribution in [2.24, 2.45) is 4.99 Å². The summed E-state index contributed by atoms with van der Waals surface area (Å²) >= 11 is 0. The van der Waals surface area contributed by atoms with E-state index in [9.17, 15) is 9.90 Å². The number of aliphatic hydroxyl groups excluding tert-OH is 1. The molecule has 1 amide bonds. The highest BCUT2D eigenvalue weighted by Crippen LogP contribution is 2.37. The topological polar surface area (TPSA) is 105 Å². The molecule has 0 saturated carbocycles. The number of rotatable bonds is 4. The van der Waals surface area contributed by atoms with Gasteiger partial charge >= 0.3 is 0 Å². The Morgan fingerprint density at radius 1 is 1.18 bits per heavy atom. The fourth-order valence-corrected chi connectivity index (χ4v) is 5.08. The standard InChI is InChI=1S/C25H27N7O2/c1-31-24-18(6-9-29-31)19(13-27-24)17-3-4-21(23-20(17)14-28-25(23)34)30-22-5-2-15(12-26-22)32-10-7-16(33)8-11-32/h2-6,9,12-13,16,24,29,33H,7-8,10-11,14H2,1H3,(H,26,30)(H,28,34). The van der Waals surface area contributed by atoms with Crippen LogP contribution in [-0.4, -0.2) is 59.6 Å². The third kappa shape index (κ3) is 3.53. The monoisotopic (exact) mass is 457 g/mol. The maximum absolute atomic E-state index is 12.8. The number of amides is 1. The summed E-state index contributed by atoms with van der Waals surface area (Å²) in [5, 5.41) is 18.0. The third-order valence-corrected chi connectivity index (χ3v) is 6.94. The molecule has 6 rings (SSSR count). The van der Waals surface area contributed by atoms with Crippen LogP contribution in [0.2, 0.25) is 0 Å². The van der Waals surface area contributed by atoms with Crippen molar-refractivity contribution in [1.82, 2.24) is 20.7 Å². The zero-order valence-corrected chi connectivity index (χ0v) is 19.0. The number of carbonyl (C=O) groups is 1. The van der Waals surface area contributed by atoms with Gasteiger partial charge < -0.3 is 26.1 Å². The number of hydrogen-bond donors (Lipinski definition) is 4. The zero-order chi connectivity index (χ0) is 23.2. The van der Waals surface area contributed by atoms with Crippen molar-refractivity contribution in [3.63, 3.8) is 0 Å². The second kappa shape index (κ2) is 8.27. The molecule has 0 radical (unpaired) electrons. The van der Waals surface area contributed by atoms with Crippen molar-refractivity contribution in [2.45, 2.75) is 31.7 Å². The van der Waals surface area contributed by atoms with Crippen molar-refractivity contribution in [2.75, 3.05) is 30.4 Å². The van der Waals surface area contributed by atoms with Gasteiger partial charge in [0.1, 0.15) is 12.0 Å². The van der Waals surface area contributed by atoms with Gasteiger partial charge in [-0.05, 0) is 48.2 Å². The molecule has 4 aliphatic heterocycles. The number of aliphatic hydroxyl groups is 1. The fourth-order valence-electron chi connectivity index (χ4n) is 5.08. The van der Waals surface area contributed by atoms with Crippen molar-refractivity contribution in [1.29, 1.82) is 0 Å². The summed E-state index contributed by atoms with van der Waals surface area (Å²) in [5.41, 5.74) is 9.75. The van der Waals surface area contributed by atoms with Gasteiger partial charge in [-0.25, -0.2) is 4.98 Å². The molecule has 0 bridgehead atoms. The number of anilines is 3. The summed E-state index contributed by atoms with van der Waals surface area (Å²) in [5.74, 6) is 0.598. The molecule has 4 aliphatic rings. The molecule has 1 aromatic heterocycles. The molecule has 174 valence electrons. The van der Waals surface area contributed by atoms with Gasteiger partial charge in [0.2, 0.25) is 0 Å². The molecule has 0 aliphatic carbocycles. The number of fused-ring (bicyclic) bond motifs is 2. The molecule has 1 fully saturated rings. The molecule has 5 heterocycles. The largest absolute Gasteiger partial charge is 0.393 e. The minimum atomic E-state index is -0.203. The molecule has 0 spiro atoms. The first-order valence-corrected chi connectivity index (χ1v) is 11.6. The number of allylic oxidation sites excluding steroid dienone is 1. The lowest BCUT2D eigenvalue weighted by atomic mass is 9.93. The molecule has 1 saturated heterocycles. The smallest absolute Gasteiger partial charge is 0.254 e. The molecular formula is C25H27N7O2. The van der Waals surface area contributed by atoms with Gasteiger partial charge in [-0.15, -0.1) is 0 Å². The van der Waals surface area contributed by atoms with Gasteiger partial charge in [0.15, 0.2) is 0 Å². The second-order valence-electron chi connectivity index (χ2n) is 9.04. The molecule has 1 atom stereocenters. The van der Waals surface area contributed by atoms with E-state index in [1.807, 2.05) is 54.9 Å². The number of hydrazine groups is 1. The van der Waals surface area contributed by atoms with Crippen molar-refractivity contribution < 1.29 is 9.90 Å². The Kier molecular flexibility index (Phi) is 5.08. The highest BCUT2D eigenvalue weighted by Gasteiger charge is 2.31. The van der Waals surface area contributed by atoms with E-state index in [1.54, 1.807) is 0 Å². The number of hydrogen-bond acceptors (Lipinski definition) is 8. The van der Waals surface area contributed by atoms with Crippen LogP contribution in [-0.2, 0) is 6.54 Å². The number of aliphatic imine (C=N–C) groups is 1. The number of likely N-dealkylation sites (N-methyl/N-ethyl adjacent to an activating group) is 1. The summed E-state index contributed by atoms with van der Waals surface area (Å²) in [4.78, 5) is 24.3. The Morgan fingerprint density at radius 3 is 2.82 bits per heavy atom. The summed E-state index contributed by atoms with van der Waals surface area (Å²) in [6, 6.07) is 7.97. The van der Waals surface area contributed by atoms with Crippen LogP contribution in [0.15, 0.2) is 53.3 Å². The van der Waals surface area contributed by atoms with E-state index in [0.29, 0.717) is 17.9 Å². The van der Waals surface area contributed by atoms with Crippen LogP contribution in [0.3, 0.4) is 0 Å². The Labute approximate surface area is 197 Å². The van der Waals surface area contributed by atoms with Crippen molar-refractivity contribution in [3.05, 3.63) is 65.0 Å². The molecule has 34 heavy (non-hydrogen) atoms. The van der Waals surface area contributed by atoms with Crippen molar-refractivity contribution in [3.8, 4) is 0 Å². The Balaban J connectivity index is 1.29. The number of nitrogens with zero attached hydrogens (tertiary/aromatic N) is 4. The van der Waals surface area contributed by atoms with Crippen LogP contribution in [0.4, 0.5) is 17.2 Å². The molecule has 4 N–H and O–H groups in total. The van der Waals surface area contributed by atoms with Crippen LogP contribution in [0, 0.1) is 0 Å². The maximum atomic E-state index is 12.8. The van der Waals surface area contributed by atoms with Crippen LogP contribution >= 0.6 is 0 Å². The van der Waals surface area contributed by atoms with Crippen LogP contribution in [0.5, 0.6) is 0 Å². The molecule has 9 nitrogen and oxygen atoms in total. The van der Waals surface area contributed by atoms with Gasteiger partial charge in [-0.2, -0.15) is 5.01 Å². The average molecular weight is 458 g/mol. The Bertz CT molecular complexity index is 1230. The normalized spacial score (nSPS) is 22.0. The number of nitrogens with one attached hydrogen (secondary N) is 3. The summed E-state index contributed by atoms with van der Waals surface area (Å²) in [6.45, 7) is 2.14. The first-order chi connectivity index (χ1) is 16.6. The number of pyridine rings is 1. The average Bonchev–Trinajstić information content (AvgIpc) is 3.46. The number of benzene rings is 1. The van der Waals surface area contributed by atoms with E-state index in [-0.39, 0.29) is 18.2 Å². The molecular weight excluding hydrogens is 430 g/mol. The lowest BCUT2D eigenvalue weighted by Crippen LogP contribution is -2.41. The predicted octanol–water partition coefficient (Wildman–Crippen LogP) is 2.16. The first kappa shape index (κ1) is 20.9. The van der Waals surface area contributed by atoms with Gasteiger partial charge in [0.25, 0.3) is 5.91 Å². The molecule has 1 aromatic carbocycles. The molecule has 2 aromatic rings. The second-order valence-corrected chi connectivity index (χ2v) is 9.04. The highest BCUT2D eigenvalue weighted by atomic mass is 16.3. The van der Waals surface area contributed by atoms with Crippen molar-refractivity contribution >= 4 is 34.9 Å². The molecule has 1 unspecified atom stereocenters.